The van der Waals surface area contributed by atoms with Crippen molar-refractivity contribution in [2.24, 2.45) is 5.73 Å². The minimum absolute atomic E-state index is 0.0140. The van der Waals surface area contributed by atoms with Crippen LogP contribution in [0.25, 0.3) is 5.69 Å². The van der Waals surface area contributed by atoms with Crippen molar-refractivity contribution in [3.63, 3.8) is 0 Å². The number of nitrogens with one attached hydrogen (secondary N) is 1. The highest BCUT2D eigenvalue weighted by molar-refractivity contribution is 5.89. The lowest BCUT2D eigenvalue weighted by Crippen LogP contribution is -2.44. The van der Waals surface area contributed by atoms with Gasteiger partial charge in [0.1, 0.15) is 0 Å². The molecule has 1 aromatic carbocycles. The minimum atomic E-state index is -0.624. The van der Waals surface area contributed by atoms with Crippen LogP contribution in [0.15, 0.2) is 24.4 Å². The Hall–Kier alpha value is -2.14. The number of amides is 1. The summed E-state index contributed by atoms with van der Waals surface area (Å²) in [5.41, 5.74) is 11.4. The first kappa shape index (κ1) is 15.4. The lowest BCUT2D eigenvalue weighted by molar-refractivity contribution is -0.124. The van der Waals surface area contributed by atoms with Crippen LogP contribution in [-0.2, 0) is 11.2 Å². The molecule has 5 nitrogen and oxygen atoms in total. The maximum atomic E-state index is 12.3. The molecule has 3 N–H and O–H groups in total. The zero-order chi connectivity index (χ0) is 16.9. The molecular formula is C19H24N4O. The second-order valence-electron chi connectivity index (χ2n) is 7.25. The van der Waals surface area contributed by atoms with Crippen LogP contribution < -0.4 is 11.1 Å². The molecule has 1 heterocycles. The summed E-state index contributed by atoms with van der Waals surface area (Å²) < 4.78 is 2.05. The van der Waals surface area contributed by atoms with Gasteiger partial charge in [0.25, 0.3) is 0 Å². The van der Waals surface area contributed by atoms with Crippen molar-refractivity contribution in [2.45, 2.75) is 57.5 Å². The molecule has 1 atom stereocenters. The number of aromatic nitrogens is 2. The summed E-state index contributed by atoms with van der Waals surface area (Å²) in [7, 11) is 0. The van der Waals surface area contributed by atoms with Gasteiger partial charge in [0.2, 0.25) is 5.91 Å². The van der Waals surface area contributed by atoms with Gasteiger partial charge in [-0.05, 0) is 63.1 Å². The molecule has 0 bridgehead atoms. The third-order valence-electron chi connectivity index (χ3n) is 5.53. The highest BCUT2D eigenvalue weighted by Gasteiger charge is 2.46. The van der Waals surface area contributed by atoms with Gasteiger partial charge >= 0.3 is 0 Å². The molecule has 1 fully saturated rings. The summed E-state index contributed by atoms with van der Waals surface area (Å²) in [6.45, 7) is 4.25. The second kappa shape index (κ2) is 5.45. The number of hydrogen-bond donors (Lipinski definition) is 2. The number of carbonyl (C=O) groups excluding carboxylic acids is 1. The molecule has 5 heteroatoms. The first-order valence-electron chi connectivity index (χ1n) is 8.73. The van der Waals surface area contributed by atoms with E-state index < -0.39 is 5.54 Å². The van der Waals surface area contributed by atoms with Gasteiger partial charge < -0.3 is 11.1 Å². The van der Waals surface area contributed by atoms with Crippen LogP contribution >= 0.6 is 0 Å². The van der Waals surface area contributed by atoms with Gasteiger partial charge in [-0.2, -0.15) is 5.10 Å². The van der Waals surface area contributed by atoms with Crippen LogP contribution in [-0.4, -0.2) is 21.2 Å². The molecular weight excluding hydrogens is 300 g/mol. The van der Waals surface area contributed by atoms with Gasteiger partial charge in [0.05, 0.1) is 23.5 Å². The highest BCUT2D eigenvalue weighted by atomic mass is 16.2. The number of rotatable bonds is 3. The maximum absolute atomic E-state index is 12.3. The van der Waals surface area contributed by atoms with Crippen LogP contribution in [0.1, 0.15) is 54.1 Å². The monoisotopic (exact) mass is 324 g/mol. The molecule has 2 aliphatic rings. The number of nitrogens with zero attached hydrogens (tertiary/aromatic N) is 2. The van der Waals surface area contributed by atoms with Gasteiger partial charge in [-0.15, -0.1) is 0 Å². The van der Waals surface area contributed by atoms with E-state index in [-0.39, 0.29) is 11.9 Å². The summed E-state index contributed by atoms with van der Waals surface area (Å²) in [6, 6.07) is 6.32. The number of carbonyl (C=O) groups is 1. The quantitative estimate of drug-likeness (QED) is 0.911. The Labute approximate surface area is 142 Å². The number of benzene rings is 1. The van der Waals surface area contributed by atoms with Crippen LogP contribution in [0.2, 0.25) is 0 Å². The third-order valence-corrected chi connectivity index (χ3v) is 5.53. The molecule has 126 valence electrons. The predicted molar refractivity (Wildman–Crippen MR) is 93.0 cm³/mol. The fraction of sp³-hybridized carbons (Fsp3) is 0.474. The zero-order valence-electron chi connectivity index (χ0n) is 14.3. The molecule has 0 radical (unpaired) electrons. The summed E-state index contributed by atoms with van der Waals surface area (Å²) in [6.07, 6.45) is 6.49. The zero-order valence-corrected chi connectivity index (χ0v) is 14.3. The Morgan fingerprint density at radius 1 is 1.38 bits per heavy atom. The van der Waals surface area contributed by atoms with E-state index in [1.807, 2.05) is 10.9 Å². The average molecular weight is 324 g/mol. The fourth-order valence-corrected chi connectivity index (χ4v) is 3.54. The van der Waals surface area contributed by atoms with Gasteiger partial charge in [0.15, 0.2) is 0 Å². The summed E-state index contributed by atoms with van der Waals surface area (Å²) in [5.74, 6) is -0.0140. The number of aryl methyl sites for hydroxylation is 1. The van der Waals surface area contributed by atoms with Gasteiger partial charge in [0, 0.05) is 11.3 Å². The van der Waals surface area contributed by atoms with Gasteiger partial charge in [-0.3, -0.25) is 4.79 Å². The van der Waals surface area contributed by atoms with E-state index in [1.54, 1.807) is 0 Å². The molecule has 0 saturated heterocycles. The summed E-state index contributed by atoms with van der Waals surface area (Å²) in [4.78, 5) is 12.3. The van der Waals surface area contributed by atoms with E-state index in [1.165, 1.54) is 16.8 Å². The van der Waals surface area contributed by atoms with Crippen LogP contribution in [0, 0.1) is 13.8 Å². The van der Waals surface area contributed by atoms with Gasteiger partial charge in [-0.25, -0.2) is 4.68 Å². The molecule has 0 aliphatic heterocycles. The lowest BCUT2D eigenvalue weighted by atomic mass is 9.92. The molecule has 4 rings (SSSR count). The Morgan fingerprint density at radius 3 is 2.92 bits per heavy atom. The summed E-state index contributed by atoms with van der Waals surface area (Å²) in [5, 5.41) is 7.79. The van der Waals surface area contributed by atoms with Crippen molar-refractivity contribution >= 4 is 5.91 Å². The predicted octanol–water partition coefficient (Wildman–Crippen LogP) is 2.47. The van der Waals surface area contributed by atoms with Crippen LogP contribution in [0.5, 0.6) is 0 Å². The Kier molecular flexibility index (Phi) is 3.49. The molecule has 24 heavy (non-hydrogen) atoms. The first-order chi connectivity index (χ1) is 11.5. The van der Waals surface area contributed by atoms with Crippen molar-refractivity contribution in [3.8, 4) is 5.69 Å². The molecule has 1 amide bonds. The van der Waals surface area contributed by atoms with E-state index in [9.17, 15) is 4.79 Å². The number of nitrogens with two attached hydrogens (primary N) is 1. The molecule has 2 aromatic rings. The highest BCUT2D eigenvalue weighted by Crippen LogP contribution is 2.36. The Balaban J connectivity index is 1.67. The molecule has 1 saturated carbocycles. The van der Waals surface area contributed by atoms with Crippen molar-refractivity contribution in [1.82, 2.24) is 15.1 Å². The van der Waals surface area contributed by atoms with E-state index >= 15 is 0 Å². The second-order valence-corrected chi connectivity index (χ2v) is 7.25. The van der Waals surface area contributed by atoms with Crippen LogP contribution in [0.3, 0.4) is 0 Å². The summed E-state index contributed by atoms with van der Waals surface area (Å²) >= 11 is 0. The third kappa shape index (κ3) is 2.44. The fourth-order valence-electron chi connectivity index (χ4n) is 3.54. The Bertz CT molecular complexity index is 804. The van der Waals surface area contributed by atoms with Gasteiger partial charge in [-0.1, -0.05) is 12.1 Å². The largest absolute Gasteiger partial charge is 0.348 e. The normalized spacial score (nSPS) is 21.2. The van der Waals surface area contributed by atoms with E-state index in [4.69, 9.17) is 5.73 Å². The van der Waals surface area contributed by atoms with E-state index in [0.717, 1.165) is 43.4 Å². The van der Waals surface area contributed by atoms with Crippen molar-refractivity contribution in [1.29, 1.82) is 0 Å². The SMILES string of the molecule is Cc1cccc(-n2ncc3c2CCCC3NC(=O)C2(N)CC2)c1C. The maximum Gasteiger partial charge on any atom is 0.240 e. The molecule has 1 aromatic heterocycles. The minimum Gasteiger partial charge on any atom is -0.348 e. The van der Waals surface area contributed by atoms with Crippen molar-refractivity contribution < 1.29 is 4.79 Å². The van der Waals surface area contributed by atoms with Crippen molar-refractivity contribution in [3.05, 3.63) is 46.8 Å². The number of fused-ring (bicyclic) bond motifs is 1. The average Bonchev–Trinajstić information content (AvgIpc) is 3.18. The lowest BCUT2D eigenvalue weighted by Gasteiger charge is -2.25. The van der Waals surface area contributed by atoms with E-state index in [0.29, 0.717) is 0 Å². The molecule has 2 aliphatic carbocycles. The van der Waals surface area contributed by atoms with Crippen molar-refractivity contribution in [2.75, 3.05) is 0 Å². The Morgan fingerprint density at radius 2 is 2.17 bits per heavy atom. The molecule has 1 unspecified atom stereocenters. The number of hydrogen-bond acceptors (Lipinski definition) is 3. The van der Waals surface area contributed by atoms with E-state index in [2.05, 4.69) is 42.5 Å². The van der Waals surface area contributed by atoms with Crippen LogP contribution in [0.4, 0.5) is 0 Å². The smallest absolute Gasteiger partial charge is 0.240 e. The standard InChI is InChI=1S/C19H24N4O/c1-12-5-3-7-16(13(12)2)23-17-8-4-6-15(14(17)11-21-23)22-18(24)19(20)9-10-19/h3,5,7,11,15H,4,6,8-10,20H2,1-2H3,(H,22,24). The topological polar surface area (TPSA) is 72.9 Å². The molecule has 0 spiro atoms. The first-order valence-corrected chi connectivity index (χ1v) is 8.73.